The molecule has 0 unspecified atom stereocenters. The summed E-state index contributed by atoms with van der Waals surface area (Å²) in [5.41, 5.74) is 10.9. The van der Waals surface area contributed by atoms with Crippen molar-refractivity contribution in [2.24, 2.45) is 0 Å². The van der Waals surface area contributed by atoms with Crippen molar-refractivity contribution in [2.75, 3.05) is 33.4 Å². The van der Waals surface area contributed by atoms with Crippen LogP contribution in [0.15, 0.2) is 72.8 Å². The molecule has 0 bridgehead atoms. The first kappa shape index (κ1) is 31.0. The predicted molar refractivity (Wildman–Crippen MR) is 174 cm³/mol. The maximum absolute atomic E-state index is 13.5. The van der Waals surface area contributed by atoms with Crippen LogP contribution in [0.1, 0.15) is 68.2 Å². The van der Waals surface area contributed by atoms with Gasteiger partial charge in [0.05, 0.1) is 25.2 Å². The molecule has 5 rings (SSSR count). The molecule has 0 aliphatic heterocycles. The summed E-state index contributed by atoms with van der Waals surface area (Å²) in [6.45, 7) is 10.5. The highest BCUT2D eigenvalue weighted by atomic mass is 16.5. The first-order valence-corrected chi connectivity index (χ1v) is 15.3. The highest BCUT2D eigenvalue weighted by Crippen LogP contribution is 2.57. The van der Waals surface area contributed by atoms with Crippen molar-refractivity contribution in [1.82, 2.24) is 5.32 Å². The number of nitrogens with one attached hydrogen (secondary N) is 1. The molecule has 6 nitrogen and oxygen atoms in total. The fraction of sp³-hybridized carbons (Fsp3) is 0.316. The molecule has 0 radical (unpaired) electrons. The molecule has 44 heavy (non-hydrogen) atoms. The van der Waals surface area contributed by atoms with E-state index in [9.17, 15) is 9.59 Å². The van der Waals surface area contributed by atoms with Crippen molar-refractivity contribution in [3.8, 4) is 16.9 Å². The molecule has 0 spiro atoms. The maximum atomic E-state index is 13.5. The van der Waals surface area contributed by atoms with E-state index in [2.05, 4.69) is 86.8 Å². The Morgan fingerprint density at radius 2 is 1.50 bits per heavy atom. The van der Waals surface area contributed by atoms with E-state index in [0.29, 0.717) is 37.4 Å². The van der Waals surface area contributed by atoms with Gasteiger partial charge < -0.3 is 19.5 Å². The van der Waals surface area contributed by atoms with Gasteiger partial charge >= 0.3 is 5.97 Å². The van der Waals surface area contributed by atoms with E-state index < -0.39 is 11.4 Å². The minimum absolute atomic E-state index is 0.266. The Morgan fingerprint density at radius 1 is 0.841 bits per heavy atom. The number of benzene rings is 4. The summed E-state index contributed by atoms with van der Waals surface area (Å²) >= 11 is 0. The summed E-state index contributed by atoms with van der Waals surface area (Å²) in [4.78, 5) is 24.4. The van der Waals surface area contributed by atoms with Crippen molar-refractivity contribution in [2.45, 2.75) is 46.0 Å². The van der Waals surface area contributed by atoms with Crippen molar-refractivity contribution in [3.05, 3.63) is 123 Å². The number of esters is 1. The minimum Gasteiger partial charge on any atom is -0.493 e. The van der Waals surface area contributed by atoms with E-state index in [1.165, 1.54) is 11.1 Å². The van der Waals surface area contributed by atoms with E-state index in [-0.39, 0.29) is 6.61 Å². The van der Waals surface area contributed by atoms with Crippen LogP contribution in [0.25, 0.3) is 11.1 Å². The lowest BCUT2D eigenvalue weighted by Crippen LogP contribution is -2.29. The first-order chi connectivity index (χ1) is 21.3. The fourth-order valence-electron chi connectivity index (χ4n) is 6.42. The number of carbonyl (C=O) groups excluding carboxylic acids is 2. The molecule has 0 saturated heterocycles. The molecule has 0 fully saturated rings. The number of hydrogen-bond acceptors (Lipinski definition) is 6. The van der Waals surface area contributed by atoms with Gasteiger partial charge in [0, 0.05) is 6.42 Å². The number of fused-ring (bicyclic) bond motifs is 3. The van der Waals surface area contributed by atoms with Gasteiger partial charge in [0.2, 0.25) is 0 Å². The Bertz CT molecular complexity index is 1620. The molecule has 1 aliphatic carbocycles. The Balaban J connectivity index is 1.81. The fourth-order valence-corrected chi connectivity index (χ4v) is 6.42. The molecule has 6 heteroatoms. The first-order valence-electron chi connectivity index (χ1n) is 15.3. The van der Waals surface area contributed by atoms with Gasteiger partial charge in [-0.1, -0.05) is 71.8 Å². The van der Waals surface area contributed by atoms with Gasteiger partial charge in [-0.25, -0.2) is 4.79 Å². The van der Waals surface area contributed by atoms with Crippen LogP contribution < -0.4 is 10.1 Å². The van der Waals surface area contributed by atoms with Gasteiger partial charge in [0.1, 0.15) is 11.3 Å². The van der Waals surface area contributed by atoms with Gasteiger partial charge in [-0.3, -0.25) is 4.79 Å². The molecule has 1 aliphatic rings. The summed E-state index contributed by atoms with van der Waals surface area (Å²) in [7, 11) is 1.91. The molecule has 0 saturated carbocycles. The predicted octanol–water partition coefficient (Wildman–Crippen LogP) is 6.86. The Hall–Kier alpha value is -4.42. The summed E-state index contributed by atoms with van der Waals surface area (Å²) < 4.78 is 16.8. The number of carbonyl (C=O) groups is 2. The van der Waals surface area contributed by atoms with Crippen LogP contribution in [0.5, 0.6) is 5.75 Å². The highest BCUT2D eigenvalue weighted by Gasteiger charge is 2.47. The normalized spacial score (nSPS) is 12.8. The van der Waals surface area contributed by atoms with Gasteiger partial charge in [0.15, 0.2) is 0 Å². The number of rotatable bonds is 13. The van der Waals surface area contributed by atoms with Crippen molar-refractivity contribution < 1.29 is 23.8 Å². The SMILES string of the molecule is CCOC(=O)c1cc(C2(c3ccc(C)c(CCOC=O)c3)c3cc(C)ccc3-c3ccc(C)cc32)ccc1OCCCNC. The number of hydrogen-bond donors (Lipinski definition) is 1. The zero-order valence-electron chi connectivity index (χ0n) is 26.3. The third-order valence-corrected chi connectivity index (χ3v) is 8.52. The van der Waals surface area contributed by atoms with Crippen LogP contribution in [-0.4, -0.2) is 45.9 Å². The largest absolute Gasteiger partial charge is 0.493 e. The minimum atomic E-state index is -0.720. The van der Waals surface area contributed by atoms with Crippen LogP contribution in [0.3, 0.4) is 0 Å². The zero-order chi connectivity index (χ0) is 31.3. The summed E-state index contributed by atoms with van der Waals surface area (Å²) in [6.07, 6.45) is 1.41. The van der Waals surface area contributed by atoms with Crippen LogP contribution in [0.4, 0.5) is 0 Å². The second kappa shape index (κ2) is 13.5. The average molecular weight is 592 g/mol. The lowest BCUT2D eigenvalue weighted by Gasteiger charge is -2.35. The van der Waals surface area contributed by atoms with E-state index in [0.717, 1.165) is 57.5 Å². The van der Waals surface area contributed by atoms with Crippen molar-refractivity contribution in [3.63, 3.8) is 0 Å². The number of ether oxygens (including phenoxy) is 3. The smallest absolute Gasteiger partial charge is 0.341 e. The molecule has 0 atom stereocenters. The highest BCUT2D eigenvalue weighted by molar-refractivity contribution is 5.94. The van der Waals surface area contributed by atoms with E-state index in [1.807, 2.05) is 26.1 Å². The molecule has 4 aromatic carbocycles. The van der Waals surface area contributed by atoms with Crippen LogP contribution in [0.2, 0.25) is 0 Å². The topological polar surface area (TPSA) is 73.9 Å². The Morgan fingerprint density at radius 3 is 2.14 bits per heavy atom. The van der Waals surface area contributed by atoms with Crippen LogP contribution in [0, 0.1) is 20.8 Å². The summed E-state index contributed by atoms with van der Waals surface area (Å²) in [5.74, 6) is 0.108. The lowest BCUT2D eigenvalue weighted by atomic mass is 9.66. The molecule has 1 N–H and O–H groups in total. The average Bonchev–Trinajstić information content (AvgIpc) is 3.29. The number of aryl methyl sites for hydroxylation is 3. The van der Waals surface area contributed by atoms with Gasteiger partial charge in [-0.2, -0.15) is 0 Å². The monoisotopic (exact) mass is 591 g/mol. The van der Waals surface area contributed by atoms with E-state index in [4.69, 9.17) is 14.2 Å². The van der Waals surface area contributed by atoms with Gasteiger partial charge in [-0.05, 0) is 104 Å². The summed E-state index contributed by atoms with van der Waals surface area (Å²) in [6, 6.07) is 25.8. The molecular weight excluding hydrogens is 550 g/mol. The van der Waals surface area contributed by atoms with Crippen LogP contribution in [-0.2, 0) is 26.1 Å². The second-order valence-electron chi connectivity index (χ2n) is 11.4. The molecular formula is C38H41NO5. The third-order valence-electron chi connectivity index (χ3n) is 8.52. The van der Waals surface area contributed by atoms with Crippen molar-refractivity contribution >= 4 is 12.4 Å². The van der Waals surface area contributed by atoms with E-state index in [1.54, 1.807) is 0 Å². The molecule has 0 aromatic heterocycles. The molecule has 4 aromatic rings. The van der Waals surface area contributed by atoms with E-state index >= 15 is 0 Å². The van der Waals surface area contributed by atoms with Crippen molar-refractivity contribution in [1.29, 1.82) is 0 Å². The quantitative estimate of drug-likeness (QED) is 0.0917. The zero-order valence-corrected chi connectivity index (χ0v) is 26.3. The lowest BCUT2D eigenvalue weighted by molar-refractivity contribution is -0.128. The van der Waals surface area contributed by atoms with Gasteiger partial charge in [0.25, 0.3) is 6.47 Å². The molecule has 228 valence electrons. The molecule has 0 amide bonds. The standard InChI is InChI=1S/C38H41NO5/c1-6-43-37(41)33-23-30(12-15-36(33)44-18-7-17-39-5)38(29-11-10-27(4)28(22-29)16-19-42-24-40)34-20-25(2)8-13-31(34)32-14-9-26(3)21-35(32)38/h8-15,20-24,39H,6-7,16-19H2,1-5H3. The van der Waals surface area contributed by atoms with Gasteiger partial charge in [-0.15, -0.1) is 0 Å². The Labute approximate surface area is 260 Å². The maximum Gasteiger partial charge on any atom is 0.341 e. The second-order valence-corrected chi connectivity index (χ2v) is 11.4. The molecule has 0 heterocycles. The van der Waals surface area contributed by atoms with Crippen LogP contribution >= 0.6 is 0 Å². The third kappa shape index (κ3) is 5.74. The summed E-state index contributed by atoms with van der Waals surface area (Å²) in [5, 5.41) is 3.14. The Kier molecular flexibility index (Phi) is 9.50.